The molecule has 1 aromatic carbocycles. The van der Waals surface area contributed by atoms with Crippen LogP contribution in [0.2, 0.25) is 0 Å². The van der Waals surface area contributed by atoms with Crippen LogP contribution in [0.1, 0.15) is 37.8 Å². The first-order chi connectivity index (χ1) is 18.8. The highest BCUT2D eigenvalue weighted by Gasteiger charge is 2.31. The molecule has 0 bridgehead atoms. The van der Waals surface area contributed by atoms with Crippen LogP contribution in [0, 0.1) is 5.92 Å². The molecule has 3 aromatic heterocycles. The van der Waals surface area contributed by atoms with Crippen LogP contribution in [-0.2, 0) is 17.5 Å². The van der Waals surface area contributed by atoms with Crippen molar-refractivity contribution in [1.29, 1.82) is 0 Å². The minimum Gasteiger partial charge on any atom is -0.364 e. The molecule has 4 heterocycles. The standard InChI is InChI=1S/C27H30F3N7OS/c1-3-35(4-2)25(38)19-8-6-11-36(15-19)26-33-23(31-14-18-7-5-9-20(13-18)27(28,29)30)22-24(34-26)37(17-32-22)21-10-12-39-16-21/h5,7,9-10,12-13,16-17,19H,3-4,6,8,11,14-15H2,1-2H3,(H,31,33,34). The molecule has 0 saturated carbocycles. The number of halogens is 3. The molecule has 1 N–H and O–H groups in total. The third-order valence-electron chi connectivity index (χ3n) is 7.01. The van der Waals surface area contributed by atoms with Crippen molar-refractivity contribution < 1.29 is 18.0 Å². The number of carbonyl (C=O) groups excluding carboxylic acids is 1. The van der Waals surface area contributed by atoms with E-state index in [1.54, 1.807) is 23.7 Å². The Hall–Kier alpha value is -3.67. The Labute approximate surface area is 228 Å². The maximum atomic E-state index is 13.2. The van der Waals surface area contributed by atoms with Gasteiger partial charge < -0.3 is 15.1 Å². The molecule has 1 atom stereocenters. The highest BCUT2D eigenvalue weighted by molar-refractivity contribution is 7.08. The molecule has 1 aliphatic rings. The normalized spacial score (nSPS) is 16.0. The quantitative estimate of drug-likeness (QED) is 0.304. The van der Waals surface area contributed by atoms with Gasteiger partial charge in [0.2, 0.25) is 11.9 Å². The van der Waals surface area contributed by atoms with Gasteiger partial charge in [0.1, 0.15) is 6.33 Å². The molecule has 1 saturated heterocycles. The van der Waals surface area contributed by atoms with Crippen molar-refractivity contribution in [3.8, 4) is 5.69 Å². The van der Waals surface area contributed by atoms with Crippen molar-refractivity contribution in [3.63, 3.8) is 0 Å². The average Bonchev–Trinajstić information content (AvgIpc) is 3.62. The number of fused-ring (bicyclic) bond motifs is 1. The van der Waals surface area contributed by atoms with Gasteiger partial charge in [-0.3, -0.25) is 9.36 Å². The zero-order chi connectivity index (χ0) is 27.6. The van der Waals surface area contributed by atoms with Crippen LogP contribution in [0.25, 0.3) is 16.9 Å². The van der Waals surface area contributed by atoms with Crippen molar-refractivity contribution in [2.24, 2.45) is 5.92 Å². The first-order valence-electron chi connectivity index (χ1n) is 13.0. The van der Waals surface area contributed by atoms with Crippen LogP contribution < -0.4 is 10.2 Å². The van der Waals surface area contributed by atoms with Crippen molar-refractivity contribution >= 4 is 40.2 Å². The molecular weight excluding hydrogens is 527 g/mol. The van der Waals surface area contributed by atoms with Gasteiger partial charge in [0.25, 0.3) is 0 Å². The largest absolute Gasteiger partial charge is 0.416 e. The fraction of sp³-hybridized carbons (Fsp3) is 0.407. The fourth-order valence-electron chi connectivity index (χ4n) is 4.93. The molecule has 1 unspecified atom stereocenters. The van der Waals surface area contributed by atoms with Crippen LogP contribution in [0.3, 0.4) is 0 Å². The number of hydrogen-bond donors (Lipinski definition) is 1. The van der Waals surface area contributed by atoms with Gasteiger partial charge in [-0.1, -0.05) is 12.1 Å². The number of alkyl halides is 3. The zero-order valence-corrected chi connectivity index (χ0v) is 22.6. The second-order valence-corrected chi connectivity index (χ2v) is 10.3. The molecule has 206 valence electrons. The van der Waals surface area contributed by atoms with Crippen LogP contribution in [0.5, 0.6) is 0 Å². The number of aromatic nitrogens is 4. The highest BCUT2D eigenvalue weighted by Crippen LogP contribution is 2.31. The summed E-state index contributed by atoms with van der Waals surface area (Å²) in [5, 5.41) is 7.14. The van der Waals surface area contributed by atoms with E-state index in [0.717, 1.165) is 30.7 Å². The monoisotopic (exact) mass is 557 g/mol. The minimum absolute atomic E-state index is 0.129. The van der Waals surface area contributed by atoms with E-state index in [-0.39, 0.29) is 18.4 Å². The van der Waals surface area contributed by atoms with Crippen LogP contribution in [-0.4, -0.2) is 56.5 Å². The first kappa shape index (κ1) is 26.9. The number of thiophene rings is 1. The van der Waals surface area contributed by atoms with Crippen LogP contribution in [0.4, 0.5) is 24.9 Å². The Morgan fingerprint density at radius 3 is 2.74 bits per heavy atom. The third-order valence-corrected chi connectivity index (χ3v) is 7.68. The number of hydrogen-bond acceptors (Lipinski definition) is 7. The van der Waals surface area contributed by atoms with Crippen molar-refractivity contribution in [3.05, 3.63) is 58.5 Å². The van der Waals surface area contributed by atoms with E-state index in [2.05, 4.69) is 10.3 Å². The van der Waals surface area contributed by atoms with Gasteiger partial charge in [-0.2, -0.15) is 34.5 Å². The Bertz CT molecular complexity index is 1430. The lowest BCUT2D eigenvalue weighted by molar-refractivity contribution is -0.137. The summed E-state index contributed by atoms with van der Waals surface area (Å²) in [5.74, 6) is 0.875. The molecule has 0 aliphatic carbocycles. The summed E-state index contributed by atoms with van der Waals surface area (Å²) < 4.78 is 41.6. The second kappa shape index (κ2) is 11.2. The van der Waals surface area contributed by atoms with Crippen molar-refractivity contribution in [2.45, 2.75) is 39.4 Å². The molecule has 1 aliphatic heterocycles. The highest BCUT2D eigenvalue weighted by atomic mass is 32.1. The number of benzene rings is 1. The zero-order valence-electron chi connectivity index (χ0n) is 21.8. The van der Waals surface area contributed by atoms with Crippen LogP contribution >= 0.6 is 11.3 Å². The van der Waals surface area contributed by atoms with Gasteiger partial charge >= 0.3 is 6.18 Å². The molecule has 4 aromatic rings. The number of rotatable bonds is 8. The summed E-state index contributed by atoms with van der Waals surface area (Å²) in [6.07, 6.45) is -1.11. The molecule has 1 amide bonds. The predicted molar refractivity (Wildman–Crippen MR) is 146 cm³/mol. The first-order valence-corrected chi connectivity index (χ1v) is 13.9. The van der Waals surface area contributed by atoms with E-state index >= 15 is 0 Å². The van der Waals surface area contributed by atoms with E-state index < -0.39 is 11.7 Å². The van der Waals surface area contributed by atoms with Gasteiger partial charge in [-0.25, -0.2) is 4.98 Å². The fourth-order valence-corrected chi connectivity index (χ4v) is 5.56. The molecule has 0 radical (unpaired) electrons. The molecule has 39 heavy (non-hydrogen) atoms. The van der Waals surface area contributed by atoms with E-state index in [0.29, 0.717) is 54.7 Å². The number of carbonyl (C=O) groups is 1. The molecule has 1 fully saturated rings. The molecule has 8 nitrogen and oxygen atoms in total. The Kier molecular flexibility index (Phi) is 7.74. The SMILES string of the molecule is CCN(CC)C(=O)C1CCCN(c2nc(NCc3cccc(C(F)(F)F)c3)c3ncn(-c4ccsc4)c3n2)C1. The smallest absolute Gasteiger partial charge is 0.364 e. The maximum Gasteiger partial charge on any atom is 0.416 e. The van der Waals surface area contributed by atoms with E-state index in [9.17, 15) is 18.0 Å². The number of piperidine rings is 1. The van der Waals surface area contributed by atoms with E-state index in [4.69, 9.17) is 9.97 Å². The maximum absolute atomic E-state index is 13.2. The summed E-state index contributed by atoms with van der Waals surface area (Å²) >= 11 is 1.55. The lowest BCUT2D eigenvalue weighted by atomic mass is 9.96. The van der Waals surface area contributed by atoms with E-state index in [1.165, 1.54) is 6.07 Å². The number of nitrogens with one attached hydrogen (secondary N) is 1. The lowest BCUT2D eigenvalue weighted by Crippen LogP contribution is -2.45. The van der Waals surface area contributed by atoms with Crippen molar-refractivity contribution in [1.82, 2.24) is 24.4 Å². The Morgan fingerprint density at radius 1 is 1.21 bits per heavy atom. The number of anilines is 2. The summed E-state index contributed by atoms with van der Waals surface area (Å²) in [4.78, 5) is 31.1. The van der Waals surface area contributed by atoms with Gasteiger partial charge in [0.15, 0.2) is 17.0 Å². The molecule has 0 spiro atoms. The number of nitrogens with zero attached hydrogens (tertiary/aromatic N) is 6. The summed E-state index contributed by atoms with van der Waals surface area (Å²) in [6, 6.07) is 7.18. The summed E-state index contributed by atoms with van der Waals surface area (Å²) in [6.45, 7) is 6.62. The summed E-state index contributed by atoms with van der Waals surface area (Å²) in [5.41, 5.74) is 1.78. The second-order valence-electron chi connectivity index (χ2n) is 9.49. The third kappa shape index (κ3) is 5.70. The van der Waals surface area contributed by atoms with Crippen LogP contribution in [0.15, 0.2) is 47.4 Å². The molecule has 12 heteroatoms. The number of imidazole rings is 1. The number of amides is 1. The molecule has 5 rings (SSSR count). The predicted octanol–water partition coefficient (Wildman–Crippen LogP) is 5.59. The van der Waals surface area contributed by atoms with Gasteiger partial charge in [-0.15, -0.1) is 0 Å². The molecular formula is C27H30F3N7OS. The Balaban J connectivity index is 1.48. The van der Waals surface area contributed by atoms with Gasteiger partial charge in [0.05, 0.1) is 17.2 Å². The van der Waals surface area contributed by atoms with Crippen molar-refractivity contribution in [2.75, 3.05) is 36.4 Å². The minimum atomic E-state index is -4.42. The lowest BCUT2D eigenvalue weighted by Gasteiger charge is -2.34. The summed E-state index contributed by atoms with van der Waals surface area (Å²) in [7, 11) is 0. The Morgan fingerprint density at radius 2 is 2.03 bits per heavy atom. The average molecular weight is 558 g/mol. The topological polar surface area (TPSA) is 79.2 Å². The van der Waals surface area contributed by atoms with E-state index in [1.807, 2.05) is 45.0 Å². The van der Waals surface area contributed by atoms with Gasteiger partial charge in [0, 0.05) is 38.1 Å². The van der Waals surface area contributed by atoms with Gasteiger partial charge in [-0.05, 0) is 55.8 Å².